The minimum Gasteiger partial charge on any atom is -0.379 e. The third kappa shape index (κ3) is 8.94. The Labute approximate surface area is 203 Å². The number of carbonyl (C=O) groups excluding carboxylic acids is 1. The van der Waals surface area contributed by atoms with Crippen molar-refractivity contribution in [3.05, 3.63) is 35.4 Å². The van der Waals surface area contributed by atoms with Crippen LogP contribution in [-0.2, 0) is 22.6 Å². The number of rotatable bonds is 8. The molecule has 1 aromatic carbocycles. The van der Waals surface area contributed by atoms with Crippen molar-refractivity contribution in [2.75, 3.05) is 46.4 Å². The maximum absolute atomic E-state index is 12.2. The lowest BCUT2D eigenvalue weighted by atomic mass is 9.89. The van der Waals surface area contributed by atoms with E-state index in [1.165, 1.54) is 30.4 Å². The van der Waals surface area contributed by atoms with Crippen molar-refractivity contribution in [1.29, 1.82) is 0 Å². The first-order valence-corrected chi connectivity index (χ1v) is 11.4. The molecule has 2 fully saturated rings. The molecule has 3 rings (SSSR count). The van der Waals surface area contributed by atoms with Gasteiger partial charge < -0.3 is 20.7 Å². The number of morpholine rings is 1. The number of halogens is 1. The largest absolute Gasteiger partial charge is 0.379 e. The summed E-state index contributed by atoms with van der Waals surface area (Å²) in [4.78, 5) is 19.0. The number of aliphatic imine (C=N–C) groups is 1. The molecule has 0 radical (unpaired) electrons. The highest BCUT2D eigenvalue weighted by Crippen LogP contribution is 2.23. The molecule has 7 nitrogen and oxygen atoms in total. The van der Waals surface area contributed by atoms with Crippen LogP contribution in [0.5, 0.6) is 0 Å². The summed E-state index contributed by atoms with van der Waals surface area (Å²) in [6.45, 7) is 6.53. The number of benzene rings is 1. The third-order valence-corrected chi connectivity index (χ3v) is 5.98. The Morgan fingerprint density at radius 2 is 1.71 bits per heavy atom. The van der Waals surface area contributed by atoms with E-state index >= 15 is 0 Å². The second kappa shape index (κ2) is 14.6. The summed E-state index contributed by atoms with van der Waals surface area (Å²) in [6, 6.07) is 8.54. The number of nitrogens with one attached hydrogen (secondary N) is 3. The van der Waals surface area contributed by atoms with E-state index in [0.717, 1.165) is 51.6 Å². The number of carbonyl (C=O) groups is 1. The molecule has 1 saturated heterocycles. The first-order valence-electron chi connectivity index (χ1n) is 11.4. The Morgan fingerprint density at radius 1 is 1.03 bits per heavy atom. The predicted molar refractivity (Wildman–Crippen MR) is 136 cm³/mol. The Kier molecular flexibility index (Phi) is 12.2. The van der Waals surface area contributed by atoms with Gasteiger partial charge >= 0.3 is 0 Å². The fourth-order valence-corrected chi connectivity index (χ4v) is 4.16. The van der Waals surface area contributed by atoms with Crippen molar-refractivity contribution in [3.63, 3.8) is 0 Å². The molecule has 0 spiro atoms. The molecule has 1 amide bonds. The molecule has 3 N–H and O–H groups in total. The van der Waals surface area contributed by atoms with Gasteiger partial charge in [-0.3, -0.25) is 14.7 Å². The van der Waals surface area contributed by atoms with Crippen LogP contribution in [0.2, 0.25) is 0 Å². The second-order valence-electron chi connectivity index (χ2n) is 8.14. The van der Waals surface area contributed by atoms with E-state index in [2.05, 4.69) is 50.1 Å². The van der Waals surface area contributed by atoms with Crippen molar-refractivity contribution in [3.8, 4) is 0 Å². The quantitative estimate of drug-likeness (QED) is 0.203. The van der Waals surface area contributed by atoms with Gasteiger partial charge in [0, 0.05) is 52.2 Å². The summed E-state index contributed by atoms with van der Waals surface area (Å²) < 4.78 is 5.45. The Balaban J connectivity index is 0.00000341. The molecule has 1 heterocycles. The van der Waals surface area contributed by atoms with Gasteiger partial charge in [-0.05, 0) is 24.0 Å². The number of hydrogen-bond acceptors (Lipinski definition) is 4. The number of hydrogen-bond donors (Lipinski definition) is 3. The lowest BCUT2D eigenvalue weighted by Gasteiger charge is -2.27. The highest BCUT2D eigenvalue weighted by atomic mass is 127. The Bertz CT molecular complexity index is 688. The van der Waals surface area contributed by atoms with E-state index in [4.69, 9.17) is 4.74 Å². The average Bonchev–Trinajstić information content (AvgIpc) is 2.80. The molecular formula is C23H38IN5O2. The van der Waals surface area contributed by atoms with Crippen molar-refractivity contribution < 1.29 is 9.53 Å². The molecule has 1 saturated carbocycles. The van der Waals surface area contributed by atoms with Crippen LogP contribution in [0.15, 0.2) is 29.3 Å². The zero-order valence-corrected chi connectivity index (χ0v) is 21.0. The molecule has 8 heteroatoms. The van der Waals surface area contributed by atoms with Crippen LogP contribution in [0.1, 0.15) is 43.2 Å². The van der Waals surface area contributed by atoms with Crippen molar-refractivity contribution in [2.24, 2.45) is 10.9 Å². The van der Waals surface area contributed by atoms with Gasteiger partial charge in [-0.1, -0.05) is 43.5 Å². The molecule has 0 aromatic heterocycles. The number of amides is 1. The van der Waals surface area contributed by atoms with Crippen LogP contribution in [0.3, 0.4) is 0 Å². The van der Waals surface area contributed by atoms with Crippen molar-refractivity contribution in [1.82, 2.24) is 20.9 Å². The fraction of sp³-hybridized carbons (Fsp3) is 0.652. The van der Waals surface area contributed by atoms with Gasteiger partial charge in [-0.25, -0.2) is 0 Å². The Morgan fingerprint density at radius 3 is 2.42 bits per heavy atom. The van der Waals surface area contributed by atoms with E-state index in [1.54, 1.807) is 7.05 Å². The first-order chi connectivity index (χ1) is 14.8. The van der Waals surface area contributed by atoms with Crippen molar-refractivity contribution >= 4 is 35.8 Å². The molecular weight excluding hydrogens is 505 g/mol. The van der Waals surface area contributed by atoms with Crippen LogP contribution in [0.25, 0.3) is 0 Å². The molecule has 174 valence electrons. The van der Waals surface area contributed by atoms with E-state index in [9.17, 15) is 4.79 Å². The second-order valence-corrected chi connectivity index (χ2v) is 8.14. The molecule has 1 aromatic rings. The monoisotopic (exact) mass is 543 g/mol. The van der Waals surface area contributed by atoms with Gasteiger partial charge in [0.25, 0.3) is 0 Å². The predicted octanol–water partition coefficient (Wildman–Crippen LogP) is 2.50. The minimum atomic E-state index is 0. The van der Waals surface area contributed by atoms with Crippen LogP contribution in [-0.4, -0.2) is 63.2 Å². The van der Waals surface area contributed by atoms with E-state index in [-0.39, 0.29) is 35.8 Å². The zero-order chi connectivity index (χ0) is 21.0. The van der Waals surface area contributed by atoms with Crippen LogP contribution < -0.4 is 16.0 Å². The lowest BCUT2D eigenvalue weighted by molar-refractivity contribution is -0.125. The molecule has 0 bridgehead atoms. The number of ether oxygens (including phenoxy) is 1. The molecule has 0 atom stereocenters. The summed E-state index contributed by atoms with van der Waals surface area (Å²) in [5.74, 6) is 1.17. The van der Waals surface area contributed by atoms with Gasteiger partial charge in [0.2, 0.25) is 5.91 Å². The molecule has 2 aliphatic rings. The minimum absolute atomic E-state index is 0. The number of guanidine groups is 1. The van der Waals surface area contributed by atoms with E-state index < -0.39 is 0 Å². The highest BCUT2D eigenvalue weighted by molar-refractivity contribution is 14.0. The van der Waals surface area contributed by atoms with Gasteiger partial charge in [-0.15, -0.1) is 24.0 Å². The third-order valence-electron chi connectivity index (χ3n) is 5.98. The molecule has 1 aliphatic heterocycles. The summed E-state index contributed by atoms with van der Waals surface area (Å²) in [7, 11) is 1.77. The van der Waals surface area contributed by atoms with Crippen LogP contribution >= 0.6 is 24.0 Å². The first kappa shape index (κ1) is 25.9. The summed E-state index contributed by atoms with van der Waals surface area (Å²) in [6.07, 6.45) is 5.70. The Hall–Kier alpha value is -1.39. The summed E-state index contributed by atoms with van der Waals surface area (Å²) >= 11 is 0. The van der Waals surface area contributed by atoms with Crippen LogP contribution in [0, 0.1) is 5.92 Å². The van der Waals surface area contributed by atoms with Crippen LogP contribution in [0.4, 0.5) is 0 Å². The smallest absolute Gasteiger partial charge is 0.223 e. The van der Waals surface area contributed by atoms with E-state index in [0.29, 0.717) is 19.6 Å². The molecule has 31 heavy (non-hydrogen) atoms. The highest BCUT2D eigenvalue weighted by Gasteiger charge is 2.20. The van der Waals surface area contributed by atoms with Crippen molar-refractivity contribution in [2.45, 2.75) is 45.2 Å². The zero-order valence-electron chi connectivity index (χ0n) is 18.7. The SMILES string of the molecule is CN=C(NCCNC(=O)C1CCCCC1)NCc1ccccc1CN1CCOCC1.I. The van der Waals surface area contributed by atoms with Gasteiger partial charge in [-0.2, -0.15) is 0 Å². The summed E-state index contributed by atoms with van der Waals surface area (Å²) in [5, 5.41) is 9.75. The lowest BCUT2D eigenvalue weighted by Crippen LogP contribution is -2.42. The average molecular weight is 543 g/mol. The van der Waals surface area contributed by atoms with Gasteiger partial charge in [0.15, 0.2) is 5.96 Å². The maximum Gasteiger partial charge on any atom is 0.223 e. The molecule has 0 unspecified atom stereocenters. The van der Waals surface area contributed by atoms with E-state index in [1.807, 2.05) is 0 Å². The van der Waals surface area contributed by atoms with Gasteiger partial charge in [0.1, 0.15) is 0 Å². The summed E-state index contributed by atoms with van der Waals surface area (Å²) in [5.41, 5.74) is 2.61. The van der Waals surface area contributed by atoms with Gasteiger partial charge in [0.05, 0.1) is 13.2 Å². The maximum atomic E-state index is 12.2. The standard InChI is InChI=1S/C23H37N5O2.HI/c1-24-23(26-12-11-25-22(29)19-7-3-2-4-8-19)27-17-20-9-5-6-10-21(20)18-28-13-15-30-16-14-28;/h5-6,9-10,19H,2-4,7-8,11-18H2,1H3,(H,25,29)(H2,24,26,27);1H. The number of nitrogens with zero attached hydrogens (tertiary/aromatic N) is 2. The molecule has 1 aliphatic carbocycles. The fourth-order valence-electron chi connectivity index (χ4n) is 4.16. The topological polar surface area (TPSA) is 78.0 Å². The normalized spacial score (nSPS) is 18.2.